The molecule has 0 aliphatic heterocycles. The van der Waals surface area contributed by atoms with Crippen molar-refractivity contribution in [3.8, 4) is 0 Å². The molecule has 0 radical (unpaired) electrons. The first-order chi connectivity index (χ1) is 7.33. The molecule has 16 heavy (non-hydrogen) atoms. The van der Waals surface area contributed by atoms with Crippen molar-refractivity contribution in [3.63, 3.8) is 0 Å². The first kappa shape index (κ1) is 11.9. The summed E-state index contributed by atoms with van der Waals surface area (Å²) < 4.78 is 0. The lowest BCUT2D eigenvalue weighted by atomic mass is 9.49. The van der Waals surface area contributed by atoms with E-state index in [1.807, 2.05) is 0 Å². The highest BCUT2D eigenvalue weighted by Crippen LogP contribution is 2.60. The van der Waals surface area contributed by atoms with Crippen molar-refractivity contribution in [3.05, 3.63) is 23.8 Å². The summed E-state index contributed by atoms with van der Waals surface area (Å²) in [5.74, 6) is 0.539. The van der Waals surface area contributed by atoms with Crippen LogP contribution in [0.1, 0.15) is 47.0 Å². The van der Waals surface area contributed by atoms with Gasteiger partial charge in [-0.05, 0) is 44.4 Å². The predicted octanol–water partition coefficient (Wildman–Crippen LogP) is 3.70. The minimum atomic E-state index is -0.188. The highest BCUT2D eigenvalue weighted by atomic mass is 16.3. The van der Waals surface area contributed by atoms with Gasteiger partial charge in [-0.15, -0.1) is 0 Å². The summed E-state index contributed by atoms with van der Waals surface area (Å²) in [6, 6.07) is 0. The fourth-order valence-electron chi connectivity index (χ4n) is 3.76. The van der Waals surface area contributed by atoms with Crippen LogP contribution in [0.2, 0.25) is 0 Å². The van der Waals surface area contributed by atoms with Gasteiger partial charge in [0.2, 0.25) is 0 Å². The molecule has 2 aliphatic rings. The van der Waals surface area contributed by atoms with E-state index in [2.05, 4.69) is 40.3 Å². The standard InChI is InChI=1S/C15H24O/c1-10(2)15-7-6-11(3)14(5,9-15)13(16)8-12(15)4/h6,12-13,16H,1,7-9H2,2-5H3/t12-,13-,14+,15-/m1/s1. The van der Waals surface area contributed by atoms with Gasteiger partial charge in [0.15, 0.2) is 0 Å². The van der Waals surface area contributed by atoms with Crippen LogP contribution in [0, 0.1) is 16.7 Å². The maximum Gasteiger partial charge on any atom is 0.0633 e. The summed E-state index contributed by atoms with van der Waals surface area (Å²) in [6.45, 7) is 13.0. The normalized spacial score (nSPS) is 47.4. The number of rotatable bonds is 1. The van der Waals surface area contributed by atoms with Crippen LogP contribution < -0.4 is 0 Å². The Kier molecular flexibility index (Phi) is 2.58. The molecule has 90 valence electrons. The number of hydrogen-bond donors (Lipinski definition) is 1. The Morgan fingerprint density at radius 2 is 2.19 bits per heavy atom. The second kappa shape index (κ2) is 3.46. The molecule has 1 heteroatoms. The second-order valence-electron chi connectivity index (χ2n) is 6.27. The minimum Gasteiger partial charge on any atom is -0.392 e. The van der Waals surface area contributed by atoms with Crippen LogP contribution in [0.4, 0.5) is 0 Å². The average molecular weight is 220 g/mol. The SMILES string of the molecule is C=C(C)[C@@]12CC=C(C)[C@](C)(C1)[C@H](O)C[C@H]2C. The molecule has 2 bridgehead atoms. The molecular weight excluding hydrogens is 196 g/mol. The van der Waals surface area contributed by atoms with Crippen LogP contribution in [0.25, 0.3) is 0 Å². The van der Waals surface area contributed by atoms with Gasteiger partial charge in [-0.2, -0.15) is 0 Å². The van der Waals surface area contributed by atoms with Gasteiger partial charge in [-0.3, -0.25) is 0 Å². The molecule has 0 spiro atoms. The number of hydrogen-bond acceptors (Lipinski definition) is 1. The van der Waals surface area contributed by atoms with Gasteiger partial charge in [-0.1, -0.05) is 37.6 Å². The fourth-order valence-corrected chi connectivity index (χ4v) is 3.76. The van der Waals surface area contributed by atoms with E-state index < -0.39 is 0 Å². The molecule has 2 aliphatic carbocycles. The summed E-state index contributed by atoms with van der Waals surface area (Å²) in [7, 11) is 0. The van der Waals surface area contributed by atoms with Crippen molar-refractivity contribution >= 4 is 0 Å². The molecule has 1 saturated carbocycles. The van der Waals surface area contributed by atoms with Gasteiger partial charge in [0.25, 0.3) is 0 Å². The summed E-state index contributed by atoms with van der Waals surface area (Å²) in [5, 5.41) is 10.3. The van der Waals surface area contributed by atoms with Gasteiger partial charge in [0.05, 0.1) is 6.10 Å². The molecule has 1 nitrogen and oxygen atoms in total. The number of aliphatic hydroxyl groups is 1. The van der Waals surface area contributed by atoms with Crippen LogP contribution in [-0.2, 0) is 0 Å². The van der Waals surface area contributed by atoms with E-state index in [-0.39, 0.29) is 16.9 Å². The summed E-state index contributed by atoms with van der Waals surface area (Å²) >= 11 is 0. The van der Waals surface area contributed by atoms with Crippen LogP contribution in [0.15, 0.2) is 23.8 Å². The third kappa shape index (κ3) is 1.34. The quantitative estimate of drug-likeness (QED) is 0.668. The van der Waals surface area contributed by atoms with E-state index in [1.165, 1.54) is 11.1 Å². The third-order valence-corrected chi connectivity index (χ3v) is 5.46. The van der Waals surface area contributed by atoms with Gasteiger partial charge in [-0.25, -0.2) is 0 Å². The molecule has 0 aromatic heterocycles. The first-order valence-electron chi connectivity index (χ1n) is 6.34. The molecule has 0 saturated heterocycles. The number of aliphatic hydroxyl groups excluding tert-OH is 1. The topological polar surface area (TPSA) is 20.2 Å². The second-order valence-corrected chi connectivity index (χ2v) is 6.27. The predicted molar refractivity (Wildman–Crippen MR) is 68.1 cm³/mol. The zero-order valence-electron chi connectivity index (χ0n) is 11.0. The summed E-state index contributed by atoms with van der Waals surface area (Å²) in [6.07, 6.45) is 5.23. The Labute approximate surface area is 99.3 Å². The molecule has 0 heterocycles. The van der Waals surface area contributed by atoms with Crippen molar-refractivity contribution in [2.24, 2.45) is 16.7 Å². The van der Waals surface area contributed by atoms with Crippen LogP contribution in [0.3, 0.4) is 0 Å². The summed E-state index contributed by atoms with van der Waals surface area (Å²) in [5.41, 5.74) is 2.86. The van der Waals surface area contributed by atoms with Crippen molar-refractivity contribution in [2.75, 3.05) is 0 Å². The molecule has 0 amide bonds. The Hall–Kier alpha value is -0.560. The van der Waals surface area contributed by atoms with E-state index >= 15 is 0 Å². The lowest BCUT2D eigenvalue weighted by Crippen LogP contribution is -2.51. The van der Waals surface area contributed by atoms with E-state index in [1.54, 1.807) is 0 Å². The summed E-state index contributed by atoms with van der Waals surface area (Å²) in [4.78, 5) is 0. The van der Waals surface area contributed by atoms with Gasteiger partial charge >= 0.3 is 0 Å². The van der Waals surface area contributed by atoms with Crippen LogP contribution >= 0.6 is 0 Å². The van der Waals surface area contributed by atoms with E-state index in [9.17, 15) is 5.11 Å². The number of fused-ring (bicyclic) bond motifs is 2. The molecular formula is C15H24O. The molecule has 4 atom stereocenters. The zero-order chi connectivity index (χ0) is 12.1. The van der Waals surface area contributed by atoms with Gasteiger partial charge in [0.1, 0.15) is 0 Å². The van der Waals surface area contributed by atoms with Crippen LogP contribution in [0.5, 0.6) is 0 Å². The smallest absolute Gasteiger partial charge is 0.0633 e. The van der Waals surface area contributed by atoms with Gasteiger partial charge < -0.3 is 5.11 Å². The number of allylic oxidation sites excluding steroid dienone is 2. The van der Waals surface area contributed by atoms with Gasteiger partial charge in [0, 0.05) is 5.41 Å². The molecule has 0 aromatic carbocycles. The van der Waals surface area contributed by atoms with Crippen molar-refractivity contribution in [1.82, 2.24) is 0 Å². The van der Waals surface area contributed by atoms with Crippen molar-refractivity contribution in [2.45, 2.75) is 53.1 Å². The lowest BCUT2D eigenvalue weighted by Gasteiger charge is -2.56. The Morgan fingerprint density at radius 3 is 2.75 bits per heavy atom. The van der Waals surface area contributed by atoms with E-state index in [0.29, 0.717) is 5.92 Å². The molecule has 2 rings (SSSR count). The molecule has 1 fully saturated rings. The van der Waals surface area contributed by atoms with Crippen molar-refractivity contribution in [1.29, 1.82) is 0 Å². The molecule has 0 unspecified atom stereocenters. The van der Waals surface area contributed by atoms with Crippen molar-refractivity contribution < 1.29 is 5.11 Å². The Bertz CT molecular complexity index is 354. The zero-order valence-corrected chi connectivity index (χ0v) is 11.0. The lowest BCUT2D eigenvalue weighted by molar-refractivity contribution is -0.0579. The highest BCUT2D eigenvalue weighted by Gasteiger charge is 2.53. The minimum absolute atomic E-state index is 0.0241. The maximum atomic E-state index is 10.3. The van der Waals surface area contributed by atoms with E-state index in [4.69, 9.17) is 0 Å². The fraction of sp³-hybridized carbons (Fsp3) is 0.733. The Balaban J connectivity index is 2.49. The third-order valence-electron chi connectivity index (χ3n) is 5.46. The monoisotopic (exact) mass is 220 g/mol. The first-order valence-corrected chi connectivity index (χ1v) is 6.34. The maximum absolute atomic E-state index is 10.3. The molecule has 1 N–H and O–H groups in total. The Morgan fingerprint density at radius 1 is 1.56 bits per heavy atom. The van der Waals surface area contributed by atoms with E-state index in [0.717, 1.165) is 19.3 Å². The highest BCUT2D eigenvalue weighted by molar-refractivity contribution is 5.28. The van der Waals surface area contributed by atoms with Crippen LogP contribution in [-0.4, -0.2) is 11.2 Å². The molecule has 0 aromatic rings. The average Bonchev–Trinajstić information content (AvgIpc) is 2.20. The largest absolute Gasteiger partial charge is 0.392 e.